The Morgan fingerprint density at radius 3 is 2.85 bits per heavy atom. The average molecular weight is 177 g/mol. The van der Waals surface area contributed by atoms with Crippen molar-refractivity contribution in [2.24, 2.45) is 7.05 Å². The van der Waals surface area contributed by atoms with Crippen molar-refractivity contribution in [1.29, 1.82) is 0 Å². The summed E-state index contributed by atoms with van der Waals surface area (Å²) >= 11 is 0. The maximum absolute atomic E-state index is 4.39. The quantitative estimate of drug-likeness (QED) is 0.729. The third-order valence-electron chi connectivity index (χ3n) is 2.38. The van der Waals surface area contributed by atoms with Crippen LogP contribution in [0, 0.1) is 0 Å². The van der Waals surface area contributed by atoms with Crippen LogP contribution in [0.25, 0.3) is 6.08 Å². The van der Waals surface area contributed by atoms with E-state index in [1.54, 1.807) is 0 Å². The summed E-state index contributed by atoms with van der Waals surface area (Å²) in [6, 6.07) is 2.16. The monoisotopic (exact) mass is 177 g/mol. The van der Waals surface area contributed by atoms with Crippen molar-refractivity contribution in [3.05, 3.63) is 23.0 Å². The summed E-state index contributed by atoms with van der Waals surface area (Å²) in [5, 5.41) is 7.62. The number of rotatable bonds is 2. The minimum absolute atomic E-state index is 1.01. The molecule has 1 aliphatic heterocycles. The first-order chi connectivity index (χ1) is 6.29. The van der Waals surface area contributed by atoms with Gasteiger partial charge in [-0.05, 0) is 24.1 Å². The van der Waals surface area contributed by atoms with Crippen molar-refractivity contribution in [1.82, 2.24) is 15.1 Å². The van der Waals surface area contributed by atoms with Gasteiger partial charge < -0.3 is 5.32 Å². The van der Waals surface area contributed by atoms with E-state index in [1.165, 1.54) is 17.0 Å². The molecule has 0 aliphatic carbocycles. The fourth-order valence-electron chi connectivity index (χ4n) is 1.43. The van der Waals surface area contributed by atoms with Crippen molar-refractivity contribution in [2.45, 2.75) is 13.3 Å². The molecule has 1 saturated heterocycles. The van der Waals surface area contributed by atoms with Gasteiger partial charge in [-0.2, -0.15) is 5.10 Å². The van der Waals surface area contributed by atoms with E-state index in [-0.39, 0.29) is 0 Å². The minimum Gasteiger partial charge on any atom is -0.309 e. The highest BCUT2D eigenvalue weighted by Crippen LogP contribution is 2.11. The van der Waals surface area contributed by atoms with Crippen LogP contribution in [0.3, 0.4) is 0 Å². The Morgan fingerprint density at radius 2 is 2.38 bits per heavy atom. The Labute approximate surface area is 78.4 Å². The summed E-state index contributed by atoms with van der Waals surface area (Å²) in [5.74, 6) is 0. The van der Waals surface area contributed by atoms with E-state index in [1.807, 2.05) is 11.7 Å². The third-order valence-corrected chi connectivity index (χ3v) is 2.38. The molecule has 0 saturated carbocycles. The average Bonchev–Trinajstić information content (AvgIpc) is 2.39. The van der Waals surface area contributed by atoms with Gasteiger partial charge in [-0.25, -0.2) is 0 Å². The number of aryl methyl sites for hydroxylation is 2. The van der Waals surface area contributed by atoms with Gasteiger partial charge in [-0.15, -0.1) is 0 Å². The minimum atomic E-state index is 1.01. The van der Waals surface area contributed by atoms with Crippen LogP contribution < -0.4 is 5.32 Å². The maximum Gasteiger partial charge on any atom is 0.0628 e. The molecule has 1 aromatic heterocycles. The number of aromatic nitrogens is 2. The summed E-state index contributed by atoms with van der Waals surface area (Å²) in [4.78, 5) is 0. The Kier molecular flexibility index (Phi) is 2.19. The zero-order chi connectivity index (χ0) is 9.26. The second kappa shape index (κ2) is 3.34. The fourth-order valence-corrected chi connectivity index (χ4v) is 1.43. The summed E-state index contributed by atoms with van der Waals surface area (Å²) in [5.41, 5.74) is 3.85. The predicted molar refractivity (Wildman–Crippen MR) is 53.4 cm³/mol. The third kappa shape index (κ3) is 1.65. The summed E-state index contributed by atoms with van der Waals surface area (Å²) in [6.45, 7) is 4.20. The Morgan fingerprint density at radius 1 is 1.62 bits per heavy atom. The van der Waals surface area contributed by atoms with Crippen LogP contribution in [0.1, 0.15) is 18.3 Å². The van der Waals surface area contributed by atoms with E-state index >= 15 is 0 Å². The lowest BCUT2D eigenvalue weighted by atomic mass is 10.1. The molecule has 0 unspecified atom stereocenters. The first kappa shape index (κ1) is 8.51. The van der Waals surface area contributed by atoms with Gasteiger partial charge in [0.25, 0.3) is 0 Å². The maximum atomic E-state index is 4.39. The molecule has 1 aromatic rings. The lowest BCUT2D eigenvalue weighted by molar-refractivity contribution is 0.671. The van der Waals surface area contributed by atoms with Crippen molar-refractivity contribution in [3.63, 3.8) is 0 Å². The van der Waals surface area contributed by atoms with Crippen LogP contribution in [-0.2, 0) is 13.5 Å². The van der Waals surface area contributed by atoms with Gasteiger partial charge in [0, 0.05) is 20.1 Å². The highest BCUT2D eigenvalue weighted by molar-refractivity contribution is 5.52. The highest BCUT2D eigenvalue weighted by atomic mass is 15.3. The molecular weight excluding hydrogens is 162 g/mol. The van der Waals surface area contributed by atoms with Crippen molar-refractivity contribution in [2.75, 3.05) is 13.1 Å². The van der Waals surface area contributed by atoms with Gasteiger partial charge in [0.05, 0.1) is 11.4 Å². The summed E-state index contributed by atoms with van der Waals surface area (Å²) in [7, 11) is 2.00. The molecule has 3 nitrogen and oxygen atoms in total. The topological polar surface area (TPSA) is 29.9 Å². The standard InChI is InChI=1S/C10H15N3/c1-3-9-5-10(13(2)12-9)4-8-6-11-7-8/h4-5,11H,3,6-7H2,1-2H3. The molecule has 1 aliphatic rings. The smallest absolute Gasteiger partial charge is 0.0628 e. The molecule has 13 heavy (non-hydrogen) atoms. The van der Waals surface area contributed by atoms with Gasteiger partial charge in [0.15, 0.2) is 0 Å². The predicted octanol–water partition coefficient (Wildman–Crippen LogP) is 0.969. The van der Waals surface area contributed by atoms with Crippen LogP contribution in [0.15, 0.2) is 11.6 Å². The molecule has 0 amide bonds. The molecule has 0 aromatic carbocycles. The second-order valence-corrected chi connectivity index (χ2v) is 3.44. The SMILES string of the molecule is CCc1cc(C=C2CNC2)n(C)n1. The summed E-state index contributed by atoms with van der Waals surface area (Å²) < 4.78 is 1.95. The van der Waals surface area contributed by atoms with E-state index in [0.29, 0.717) is 0 Å². The first-order valence-electron chi connectivity index (χ1n) is 4.72. The van der Waals surface area contributed by atoms with Crippen molar-refractivity contribution in [3.8, 4) is 0 Å². The number of nitrogens with zero attached hydrogens (tertiary/aromatic N) is 2. The Hall–Kier alpha value is -1.09. The molecule has 70 valence electrons. The van der Waals surface area contributed by atoms with Gasteiger partial charge in [0.2, 0.25) is 0 Å². The van der Waals surface area contributed by atoms with Gasteiger partial charge in [-0.1, -0.05) is 6.92 Å². The van der Waals surface area contributed by atoms with Gasteiger partial charge >= 0.3 is 0 Å². The molecule has 0 spiro atoms. The number of hydrogen-bond donors (Lipinski definition) is 1. The molecule has 2 heterocycles. The molecule has 0 bridgehead atoms. The van der Waals surface area contributed by atoms with Crippen LogP contribution in [0.2, 0.25) is 0 Å². The largest absolute Gasteiger partial charge is 0.309 e. The van der Waals surface area contributed by atoms with E-state index in [4.69, 9.17) is 0 Å². The molecule has 3 heteroatoms. The van der Waals surface area contributed by atoms with Gasteiger partial charge in [0.1, 0.15) is 0 Å². The fraction of sp³-hybridized carbons (Fsp3) is 0.500. The number of nitrogens with one attached hydrogen (secondary N) is 1. The second-order valence-electron chi connectivity index (χ2n) is 3.44. The number of hydrogen-bond acceptors (Lipinski definition) is 2. The van der Waals surface area contributed by atoms with Crippen LogP contribution in [0.5, 0.6) is 0 Å². The molecule has 1 fully saturated rings. The summed E-state index contributed by atoms with van der Waals surface area (Å²) in [6.07, 6.45) is 3.23. The highest BCUT2D eigenvalue weighted by Gasteiger charge is 2.08. The van der Waals surface area contributed by atoms with E-state index in [0.717, 1.165) is 19.5 Å². The van der Waals surface area contributed by atoms with Crippen LogP contribution in [-0.4, -0.2) is 22.9 Å². The van der Waals surface area contributed by atoms with Crippen LogP contribution >= 0.6 is 0 Å². The molecular formula is C10H15N3. The van der Waals surface area contributed by atoms with Gasteiger partial charge in [-0.3, -0.25) is 4.68 Å². The zero-order valence-corrected chi connectivity index (χ0v) is 8.17. The van der Waals surface area contributed by atoms with Crippen molar-refractivity contribution >= 4 is 6.08 Å². The molecule has 2 rings (SSSR count). The van der Waals surface area contributed by atoms with E-state index in [2.05, 4.69) is 29.5 Å². The van der Waals surface area contributed by atoms with E-state index in [9.17, 15) is 0 Å². The Balaban J connectivity index is 2.23. The Bertz CT molecular complexity index is 330. The van der Waals surface area contributed by atoms with Crippen molar-refractivity contribution < 1.29 is 0 Å². The zero-order valence-electron chi connectivity index (χ0n) is 8.17. The molecule has 0 atom stereocenters. The van der Waals surface area contributed by atoms with E-state index < -0.39 is 0 Å². The molecule has 0 radical (unpaired) electrons. The molecule has 1 N–H and O–H groups in total. The van der Waals surface area contributed by atoms with Crippen LogP contribution in [0.4, 0.5) is 0 Å². The first-order valence-corrected chi connectivity index (χ1v) is 4.72. The normalized spacial score (nSPS) is 15.7. The lowest BCUT2D eigenvalue weighted by Crippen LogP contribution is -2.33. The lowest BCUT2D eigenvalue weighted by Gasteiger charge is -2.18.